The molecule has 0 bridgehead atoms. The van der Waals surface area contributed by atoms with E-state index >= 15 is 0 Å². The summed E-state index contributed by atoms with van der Waals surface area (Å²) in [6.07, 6.45) is 5.16. The number of hydrogen-bond donors (Lipinski definition) is 2. The fraction of sp³-hybridized carbons (Fsp3) is 0.619. The molecule has 0 aliphatic heterocycles. The van der Waals surface area contributed by atoms with Gasteiger partial charge in [0.1, 0.15) is 11.3 Å². The van der Waals surface area contributed by atoms with Crippen molar-refractivity contribution in [3.63, 3.8) is 0 Å². The lowest BCUT2D eigenvalue weighted by atomic mass is 9.81. The standard InChI is InChI=1S/C21H32N2O3/c1-20(2,3)16-9-11-17(12-10-16)26-15-7-8-18(24)23-21(19(22)25)13-5-4-6-14-21/h9-12H,4-8,13-15H2,1-3H3,(H2,22,25)(H,23,24). The number of benzene rings is 1. The van der Waals surface area contributed by atoms with Crippen molar-refractivity contribution < 1.29 is 14.3 Å². The highest BCUT2D eigenvalue weighted by molar-refractivity contribution is 5.90. The van der Waals surface area contributed by atoms with Gasteiger partial charge in [0.25, 0.3) is 0 Å². The van der Waals surface area contributed by atoms with Crippen LogP contribution in [0.1, 0.15) is 71.3 Å². The van der Waals surface area contributed by atoms with Crippen LogP contribution in [-0.2, 0) is 15.0 Å². The van der Waals surface area contributed by atoms with Gasteiger partial charge in [-0.25, -0.2) is 0 Å². The highest BCUT2D eigenvalue weighted by Crippen LogP contribution is 2.28. The van der Waals surface area contributed by atoms with Gasteiger partial charge in [0.05, 0.1) is 6.61 Å². The van der Waals surface area contributed by atoms with Gasteiger partial charge in [0, 0.05) is 6.42 Å². The van der Waals surface area contributed by atoms with Crippen LogP contribution in [0.5, 0.6) is 5.75 Å². The van der Waals surface area contributed by atoms with Gasteiger partial charge in [-0.2, -0.15) is 0 Å². The van der Waals surface area contributed by atoms with Crippen molar-refractivity contribution in [2.75, 3.05) is 6.61 Å². The third-order valence-electron chi connectivity index (χ3n) is 5.09. The Kier molecular flexibility index (Phi) is 6.68. The van der Waals surface area contributed by atoms with Crippen molar-refractivity contribution in [3.05, 3.63) is 29.8 Å². The first kappa shape index (κ1) is 20.3. The Morgan fingerprint density at radius 1 is 1.12 bits per heavy atom. The van der Waals surface area contributed by atoms with Crippen LogP contribution < -0.4 is 15.8 Å². The predicted molar refractivity (Wildman–Crippen MR) is 103 cm³/mol. The number of carbonyl (C=O) groups excluding carboxylic acids is 2. The molecule has 1 aromatic rings. The number of nitrogens with one attached hydrogen (secondary N) is 1. The van der Waals surface area contributed by atoms with Crippen LogP contribution >= 0.6 is 0 Å². The van der Waals surface area contributed by atoms with Crippen molar-refractivity contribution in [1.82, 2.24) is 5.32 Å². The van der Waals surface area contributed by atoms with E-state index in [-0.39, 0.29) is 11.3 Å². The summed E-state index contributed by atoms with van der Waals surface area (Å²) in [5.74, 6) is 0.261. The fourth-order valence-corrected chi connectivity index (χ4v) is 3.39. The van der Waals surface area contributed by atoms with Crippen LogP contribution in [0.4, 0.5) is 0 Å². The van der Waals surface area contributed by atoms with E-state index < -0.39 is 11.4 Å². The predicted octanol–water partition coefficient (Wildman–Crippen LogP) is 3.45. The van der Waals surface area contributed by atoms with E-state index in [2.05, 4.69) is 38.2 Å². The van der Waals surface area contributed by atoms with Crippen LogP contribution in [0.15, 0.2) is 24.3 Å². The Labute approximate surface area is 156 Å². The molecule has 1 fully saturated rings. The summed E-state index contributed by atoms with van der Waals surface area (Å²) in [6, 6.07) is 8.07. The zero-order chi connectivity index (χ0) is 19.2. The van der Waals surface area contributed by atoms with Crippen molar-refractivity contribution >= 4 is 11.8 Å². The molecule has 0 radical (unpaired) electrons. The molecule has 0 saturated heterocycles. The highest BCUT2D eigenvalue weighted by atomic mass is 16.5. The molecule has 1 aromatic carbocycles. The average Bonchev–Trinajstić information content (AvgIpc) is 2.59. The SMILES string of the molecule is CC(C)(C)c1ccc(OCCCC(=O)NC2(C(N)=O)CCCCC2)cc1. The zero-order valence-electron chi connectivity index (χ0n) is 16.3. The average molecular weight is 360 g/mol. The number of carbonyl (C=O) groups is 2. The maximum atomic E-state index is 12.2. The molecular formula is C21H32N2O3. The van der Waals surface area contributed by atoms with Crippen LogP contribution in [0, 0.1) is 0 Å². The quantitative estimate of drug-likeness (QED) is 0.731. The summed E-state index contributed by atoms with van der Waals surface area (Å²) >= 11 is 0. The van der Waals surface area contributed by atoms with Gasteiger partial charge >= 0.3 is 0 Å². The van der Waals surface area contributed by atoms with Crippen LogP contribution in [-0.4, -0.2) is 24.0 Å². The molecular weight excluding hydrogens is 328 g/mol. The topological polar surface area (TPSA) is 81.4 Å². The Hall–Kier alpha value is -2.04. The van der Waals surface area contributed by atoms with Gasteiger partial charge in [0.2, 0.25) is 11.8 Å². The molecule has 0 atom stereocenters. The Balaban J connectivity index is 1.75. The molecule has 0 unspecified atom stereocenters. The Morgan fingerprint density at radius 2 is 1.73 bits per heavy atom. The first-order chi connectivity index (χ1) is 12.2. The van der Waals surface area contributed by atoms with E-state index in [1.165, 1.54) is 5.56 Å². The third-order valence-corrected chi connectivity index (χ3v) is 5.09. The molecule has 1 aliphatic carbocycles. The molecule has 26 heavy (non-hydrogen) atoms. The molecule has 1 aliphatic rings. The lowest BCUT2D eigenvalue weighted by Gasteiger charge is -2.35. The zero-order valence-corrected chi connectivity index (χ0v) is 16.3. The maximum absolute atomic E-state index is 12.2. The van der Waals surface area contributed by atoms with Gasteiger partial charge in [-0.05, 0) is 42.4 Å². The van der Waals surface area contributed by atoms with Gasteiger partial charge in [0.15, 0.2) is 0 Å². The Morgan fingerprint density at radius 3 is 2.27 bits per heavy atom. The van der Waals surface area contributed by atoms with Gasteiger partial charge in [-0.3, -0.25) is 9.59 Å². The number of ether oxygens (including phenoxy) is 1. The van der Waals surface area contributed by atoms with Crippen molar-refractivity contribution in [2.45, 2.75) is 76.7 Å². The lowest BCUT2D eigenvalue weighted by molar-refractivity contribution is -0.133. The normalized spacial score (nSPS) is 16.7. The molecule has 2 rings (SSSR count). The molecule has 3 N–H and O–H groups in total. The number of hydrogen-bond acceptors (Lipinski definition) is 3. The largest absolute Gasteiger partial charge is 0.494 e. The minimum Gasteiger partial charge on any atom is -0.494 e. The molecule has 1 saturated carbocycles. The molecule has 5 nitrogen and oxygen atoms in total. The van der Waals surface area contributed by atoms with Gasteiger partial charge in [-0.15, -0.1) is 0 Å². The highest BCUT2D eigenvalue weighted by Gasteiger charge is 2.38. The fourth-order valence-electron chi connectivity index (χ4n) is 3.39. The Bertz CT molecular complexity index is 611. The number of rotatable bonds is 7. The van der Waals surface area contributed by atoms with E-state index in [0.29, 0.717) is 32.3 Å². The molecule has 2 amide bonds. The summed E-state index contributed by atoms with van der Waals surface area (Å²) < 4.78 is 5.72. The first-order valence-corrected chi connectivity index (χ1v) is 9.57. The second-order valence-electron chi connectivity index (χ2n) is 8.28. The summed E-state index contributed by atoms with van der Waals surface area (Å²) in [7, 11) is 0. The summed E-state index contributed by atoms with van der Waals surface area (Å²) in [5, 5.41) is 2.89. The van der Waals surface area contributed by atoms with E-state index in [9.17, 15) is 9.59 Å². The van der Waals surface area contributed by atoms with Gasteiger partial charge in [-0.1, -0.05) is 52.2 Å². The van der Waals surface area contributed by atoms with Crippen LogP contribution in [0.3, 0.4) is 0 Å². The molecule has 0 aromatic heterocycles. The van der Waals surface area contributed by atoms with Crippen LogP contribution in [0.2, 0.25) is 0 Å². The molecule has 0 spiro atoms. The third kappa shape index (κ3) is 5.48. The maximum Gasteiger partial charge on any atom is 0.243 e. The second kappa shape index (κ2) is 8.56. The van der Waals surface area contributed by atoms with E-state index in [4.69, 9.17) is 10.5 Å². The van der Waals surface area contributed by atoms with Crippen molar-refractivity contribution in [3.8, 4) is 5.75 Å². The van der Waals surface area contributed by atoms with E-state index in [0.717, 1.165) is 25.0 Å². The van der Waals surface area contributed by atoms with Crippen molar-refractivity contribution in [2.24, 2.45) is 5.73 Å². The van der Waals surface area contributed by atoms with E-state index in [1.54, 1.807) is 0 Å². The van der Waals surface area contributed by atoms with Crippen molar-refractivity contribution in [1.29, 1.82) is 0 Å². The number of amides is 2. The number of primary amides is 1. The summed E-state index contributed by atoms with van der Waals surface area (Å²) in [5.41, 5.74) is 6.07. The minimum atomic E-state index is -0.848. The van der Waals surface area contributed by atoms with Gasteiger partial charge < -0.3 is 15.8 Å². The second-order valence-corrected chi connectivity index (χ2v) is 8.28. The minimum absolute atomic E-state index is 0.117. The van der Waals surface area contributed by atoms with E-state index in [1.807, 2.05) is 12.1 Å². The summed E-state index contributed by atoms with van der Waals surface area (Å²) in [6.45, 7) is 6.98. The molecule has 0 heterocycles. The molecule has 144 valence electrons. The first-order valence-electron chi connectivity index (χ1n) is 9.57. The number of nitrogens with two attached hydrogens (primary N) is 1. The molecule has 5 heteroatoms. The smallest absolute Gasteiger partial charge is 0.243 e. The monoisotopic (exact) mass is 360 g/mol. The van der Waals surface area contributed by atoms with Crippen LogP contribution in [0.25, 0.3) is 0 Å². The lowest BCUT2D eigenvalue weighted by Crippen LogP contribution is -2.58. The summed E-state index contributed by atoms with van der Waals surface area (Å²) in [4.78, 5) is 24.0.